The molecule has 3 nitrogen and oxygen atoms in total. The third-order valence-electron chi connectivity index (χ3n) is 2.41. The summed E-state index contributed by atoms with van der Waals surface area (Å²) in [4.78, 5) is 10.7. The Morgan fingerprint density at radius 1 is 1.28 bits per heavy atom. The van der Waals surface area contributed by atoms with Gasteiger partial charge in [-0.1, -0.05) is 24.3 Å². The fourth-order valence-corrected chi connectivity index (χ4v) is 3.30. The van der Waals surface area contributed by atoms with Gasteiger partial charge in [0.15, 0.2) is 0 Å². The van der Waals surface area contributed by atoms with E-state index in [4.69, 9.17) is 5.73 Å². The smallest absolute Gasteiger partial charge is 0.230 e. The molecule has 2 rings (SSSR count). The number of rotatable bonds is 5. The zero-order valence-electron chi connectivity index (χ0n) is 9.67. The Kier molecular flexibility index (Phi) is 4.28. The molecule has 1 atom stereocenters. The summed E-state index contributed by atoms with van der Waals surface area (Å²) in [6.07, 6.45) is 0. The third kappa shape index (κ3) is 3.51. The lowest BCUT2D eigenvalue weighted by Crippen LogP contribution is -2.20. The molecule has 94 valence electrons. The van der Waals surface area contributed by atoms with Gasteiger partial charge < -0.3 is 5.73 Å². The van der Waals surface area contributed by atoms with E-state index in [0.717, 1.165) is 16.7 Å². The Morgan fingerprint density at radius 2 is 2.11 bits per heavy atom. The van der Waals surface area contributed by atoms with E-state index in [1.165, 1.54) is 0 Å². The predicted octanol–water partition coefficient (Wildman–Crippen LogP) is 2.15. The number of thiophene rings is 1. The lowest BCUT2D eigenvalue weighted by molar-refractivity contribution is -0.115. The van der Waals surface area contributed by atoms with Crippen molar-refractivity contribution in [1.29, 1.82) is 0 Å². The summed E-state index contributed by atoms with van der Waals surface area (Å²) in [7, 11) is -1.23. The van der Waals surface area contributed by atoms with Gasteiger partial charge in [0.05, 0.1) is 0 Å². The van der Waals surface area contributed by atoms with Crippen LogP contribution in [0, 0.1) is 0 Å². The highest BCUT2D eigenvalue weighted by molar-refractivity contribution is 7.84. The van der Waals surface area contributed by atoms with Crippen molar-refractivity contribution in [2.45, 2.75) is 5.75 Å². The van der Waals surface area contributed by atoms with Crippen LogP contribution in [0.15, 0.2) is 41.1 Å². The van der Waals surface area contributed by atoms with Crippen molar-refractivity contribution in [3.05, 3.63) is 46.7 Å². The quantitative estimate of drug-likeness (QED) is 0.911. The van der Waals surface area contributed by atoms with Gasteiger partial charge in [0.2, 0.25) is 5.91 Å². The van der Waals surface area contributed by atoms with E-state index < -0.39 is 16.7 Å². The highest BCUT2D eigenvalue weighted by Gasteiger charge is 2.06. The van der Waals surface area contributed by atoms with Crippen molar-refractivity contribution >= 4 is 28.0 Å². The van der Waals surface area contributed by atoms with Gasteiger partial charge in [-0.2, -0.15) is 11.3 Å². The molecule has 5 heteroatoms. The molecule has 0 aliphatic rings. The average Bonchev–Trinajstić information content (AvgIpc) is 2.81. The van der Waals surface area contributed by atoms with E-state index >= 15 is 0 Å². The molecule has 0 aliphatic carbocycles. The summed E-state index contributed by atoms with van der Waals surface area (Å²) in [5, 5.41) is 4.09. The lowest BCUT2D eigenvalue weighted by atomic mass is 10.1. The van der Waals surface area contributed by atoms with Gasteiger partial charge in [0.1, 0.15) is 5.75 Å². The first-order chi connectivity index (χ1) is 8.65. The van der Waals surface area contributed by atoms with E-state index in [1.54, 1.807) is 11.3 Å². The second-order valence-electron chi connectivity index (χ2n) is 3.91. The Balaban J connectivity index is 2.13. The molecule has 0 radical (unpaired) electrons. The van der Waals surface area contributed by atoms with Crippen molar-refractivity contribution < 1.29 is 9.00 Å². The van der Waals surface area contributed by atoms with Gasteiger partial charge in [0, 0.05) is 16.6 Å². The van der Waals surface area contributed by atoms with E-state index in [1.807, 2.05) is 35.7 Å². The van der Waals surface area contributed by atoms with Crippen molar-refractivity contribution in [1.82, 2.24) is 0 Å². The van der Waals surface area contributed by atoms with Crippen LogP contribution in [0.4, 0.5) is 0 Å². The normalized spacial score (nSPS) is 12.2. The minimum atomic E-state index is -1.23. The molecule has 0 aliphatic heterocycles. The molecule has 1 amide bonds. The molecule has 1 aromatic carbocycles. The minimum Gasteiger partial charge on any atom is -0.369 e. The van der Waals surface area contributed by atoms with Gasteiger partial charge in [-0.3, -0.25) is 9.00 Å². The number of nitrogens with two attached hydrogens (primary N) is 1. The summed E-state index contributed by atoms with van der Waals surface area (Å²) >= 11 is 1.64. The third-order valence-corrected chi connectivity index (χ3v) is 4.36. The Morgan fingerprint density at radius 3 is 2.78 bits per heavy atom. The van der Waals surface area contributed by atoms with E-state index in [0.29, 0.717) is 5.75 Å². The first kappa shape index (κ1) is 13.0. The first-order valence-electron chi connectivity index (χ1n) is 5.40. The van der Waals surface area contributed by atoms with Crippen molar-refractivity contribution in [3.8, 4) is 11.1 Å². The summed E-state index contributed by atoms with van der Waals surface area (Å²) in [5.74, 6) is -0.244. The maximum Gasteiger partial charge on any atom is 0.230 e. The fraction of sp³-hybridized carbons (Fsp3) is 0.154. The van der Waals surface area contributed by atoms with Crippen LogP contribution < -0.4 is 5.73 Å². The van der Waals surface area contributed by atoms with Gasteiger partial charge in [-0.05, 0) is 33.5 Å². The summed E-state index contributed by atoms with van der Waals surface area (Å²) in [6, 6.07) is 9.91. The maximum atomic E-state index is 11.6. The summed E-state index contributed by atoms with van der Waals surface area (Å²) in [6.45, 7) is 0. The molecule has 0 fully saturated rings. The van der Waals surface area contributed by atoms with E-state index in [2.05, 4.69) is 5.38 Å². The second kappa shape index (κ2) is 5.93. The summed E-state index contributed by atoms with van der Waals surface area (Å²) < 4.78 is 11.6. The predicted molar refractivity (Wildman–Crippen MR) is 75.7 cm³/mol. The molecule has 0 spiro atoms. The van der Waals surface area contributed by atoms with Crippen molar-refractivity contribution in [3.63, 3.8) is 0 Å². The highest BCUT2D eigenvalue weighted by Crippen LogP contribution is 2.23. The lowest BCUT2D eigenvalue weighted by Gasteiger charge is -2.03. The fourth-order valence-electron chi connectivity index (χ4n) is 1.66. The van der Waals surface area contributed by atoms with Crippen LogP contribution in [0.1, 0.15) is 5.56 Å². The average molecular weight is 279 g/mol. The monoisotopic (exact) mass is 279 g/mol. The molecule has 0 bridgehead atoms. The number of carbonyl (C=O) groups is 1. The molecule has 1 aromatic heterocycles. The number of carbonyl (C=O) groups excluding carboxylic acids is 1. The molecule has 2 N–H and O–H groups in total. The second-order valence-corrected chi connectivity index (χ2v) is 6.14. The number of hydrogen-bond acceptors (Lipinski definition) is 3. The van der Waals surface area contributed by atoms with Gasteiger partial charge in [-0.25, -0.2) is 0 Å². The molecule has 0 saturated heterocycles. The minimum absolute atomic E-state index is 0.0807. The number of benzene rings is 1. The SMILES string of the molecule is NC(=O)C[S@@](=O)Cc1cccc(-c2ccsc2)c1. The molecule has 18 heavy (non-hydrogen) atoms. The maximum absolute atomic E-state index is 11.6. The van der Waals surface area contributed by atoms with Gasteiger partial charge in [-0.15, -0.1) is 0 Å². The number of hydrogen-bond donors (Lipinski definition) is 1. The van der Waals surface area contributed by atoms with E-state index in [9.17, 15) is 9.00 Å². The highest BCUT2D eigenvalue weighted by atomic mass is 32.2. The number of amides is 1. The zero-order chi connectivity index (χ0) is 13.0. The summed E-state index contributed by atoms with van der Waals surface area (Å²) in [5.41, 5.74) is 8.24. The van der Waals surface area contributed by atoms with E-state index in [-0.39, 0.29) is 5.75 Å². The standard InChI is InChI=1S/C13H13NO2S2/c14-13(15)9-18(16)8-10-2-1-3-11(6-10)12-4-5-17-7-12/h1-7H,8-9H2,(H2,14,15)/t18-/m0/s1. The van der Waals surface area contributed by atoms with Crippen LogP contribution in [0.3, 0.4) is 0 Å². The van der Waals surface area contributed by atoms with Crippen LogP contribution in [-0.4, -0.2) is 15.9 Å². The Labute approximate surface area is 112 Å². The zero-order valence-corrected chi connectivity index (χ0v) is 11.3. The molecule has 1 heterocycles. The molecule has 0 unspecified atom stereocenters. The van der Waals surface area contributed by atoms with Crippen LogP contribution >= 0.6 is 11.3 Å². The first-order valence-corrected chi connectivity index (χ1v) is 7.83. The van der Waals surface area contributed by atoms with Crippen molar-refractivity contribution in [2.24, 2.45) is 5.73 Å². The molecule has 2 aromatic rings. The number of primary amides is 1. The largest absolute Gasteiger partial charge is 0.369 e. The van der Waals surface area contributed by atoms with Crippen LogP contribution in [0.25, 0.3) is 11.1 Å². The molecular weight excluding hydrogens is 266 g/mol. The Hall–Kier alpha value is -1.46. The van der Waals surface area contributed by atoms with Crippen LogP contribution in [0.5, 0.6) is 0 Å². The van der Waals surface area contributed by atoms with Crippen LogP contribution in [-0.2, 0) is 21.3 Å². The van der Waals surface area contributed by atoms with Gasteiger partial charge >= 0.3 is 0 Å². The van der Waals surface area contributed by atoms with Crippen LogP contribution in [0.2, 0.25) is 0 Å². The Bertz CT molecular complexity index is 564. The van der Waals surface area contributed by atoms with Crippen molar-refractivity contribution in [2.75, 3.05) is 5.75 Å². The molecular formula is C13H13NO2S2. The topological polar surface area (TPSA) is 60.2 Å². The molecule has 0 saturated carbocycles. The van der Waals surface area contributed by atoms with Gasteiger partial charge in [0.25, 0.3) is 0 Å².